The highest BCUT2D eigenvalue weighted by molar-refractivity contribution is 6.06. The molecule has 1 aromatic heterocycles. The second kappa shape index (κ2) is 31.7. The molecular weight excluding hydrogens is 928 g/mol. The summed E-state index contributed by atoms with van der Waals surface area (Å²) in [5.74, 6) is -1.06. The molecule has 0 aliphatic carbocycles. The highest BCUT2D eigenvalue weighted by Gasteiger charge is 2.30. The van der Waals surface area contributed by atoms with Crippen molar-refractivity contribution in [2.24, 2.45) is 0 Å². The van der Waals surface area contributed by atoms with Gasteiger partial charge in [0.15, 0.2) is 0 Å². The number of nitrogens with zero attached hydrogens (tertiary/aromatic N) is 3. The molecule has 71 heavy (non-hydrogen) atoms. The fourth-order valence-corrected chi connectivity index (χ4v) is 7.34. The molecule has 4 aromatic rings. The van der Waals surface area contributed by atoms with Gasteiger partial charge in [0.1, 0.15) is 6.61 Å². The van der Waals surface area contributed by atoms with E-state index >= 15 is 0 Å². The van der Waals surface area contributed by atoms with Gasteiger partial charge in [0.25, 0.3) is 11.8 Å². The maximum Gasteiger partial charge on any atom is 0.416 e. The standard InChI is InChI=1S/C52H68F3N5O11/c1-3-60(4-2)45-13-14-47(46(37-45)48-36-43(15-16-56-48)50(62)57-38-40-8-6-11-44(35-40)52(53,54)55)58-51(63)42-10-5-9-41(34-42)39-70-31-30-68-27-26-66-23-22-65-24-25-67-28-29-69-32-33-71-49(61)12-7-17-59-18-20-64-21-19-59/h5-6,8-11,13-16,34-37H,3-4,7,12,17-33,38-39H2,1-2H3,(H,57,62)(H,58,63). The summed E-state index contributed by atoms with van der Waals surface area (Å²) in [6.45, 7) is 14.5. The normalized spacial score (nSPS) is 13.0. The van der Waals surface area contributed by atoms with Gasteiger partial charge in [0.2, 0.25) is 0 Å². The van der Waals surface area contributed by atoms with E-state index in [1.807, 2.05) is 32.0 Å². The van der Waals surface area contributed by atoms with Crippen molar-refractivity contribution in [1.29, 1.82) is 0 Å². The first-order valence-electron chi connectivity index (χ1n) is 24.2. The number of halogens is 3. The Balaban J connectivity index is 0.936. The predicted molar refractivity (Wildman–Crippen MR) is 261 cm³/mol. The highest BCUT2D eigenvalue weighted by Crippen LogP contribution is 2.33. The maximum absolute atomic E-state index is 13.7. The monoisotopic (exact) mass is 995 g/mol. The Morgan fingerprint density at radius 1 is 0.690 bits per heavy atom. The van der Waals surface area contributed by atoms with Crippen LogP contribution in [0.15, 0.2) is 85.1 Å². The van der Waals surface area contributed by atoms with Crippen molar-refractivity contribution in [3.05, 3.63) is 113 Å². The Hall–Kier alpha value is -5.51. The SMILES string of the molecule is CCN(CC)c1ccc(NC(=O)c2cccc(COCCOCCOCCOCCOCCOCCOC(=O)CCCN3CCOCC3)c2)c(-c2cc(C(=O)NCc3cccc(C(F)(F)F)c3)ccn2)c1. The molecule has 388 valence electrons. The van der Waals surface area contributed by atoms with Gasteiger partial charge in [-0.05, 0) is 92.5 Å². The molecule has 0 saturated carbocycles. The summed E-state index contributed by atoms with van der Waals surface area (Å²) in [5, 5.41) is 5.71. The van der Waals surface area contributed by atoms with Crippen LogP contribution in [0.25, 0.3) is 11.3 Å². The van der Waals surface area contributed by atoms with E-state index in [4.69, 9.17) is 37.9 Å². The Morgan fingerprint density at radius 3 is 1.94 bits per heavy atom. The molecule has 3 aromatic carbocycles. The Kier molecular flexibility index (Phi) is 25.2. The summed E-state index contributed by atoms with van der Waals surface area (Å²) >= 11 is 0. The highest BCUT2D eigenvalue weighted by atomic mass is 19.4. The summed E-state index contributed by atoms with van der Waals surface area (Å²) in [7, 11) is 0. The molecule has 16 nitrogen and oxygen atoms in total. The van der Waals surface area contributed by atoms with Gasteiger partial charge in [-0.2, -0.15) is 13.2 Å². The quantitative estimate of drug-likeness (QED) is 0.0368. The minimum atomic E-state index is -4.50. The summed E-state index contributed by atoms with van der Waals surface area (Å²) in [6, 6.07) is 20.6. The van der Waals surface area contributed by atoms with Crippen LogP contribution in [0, 0.1) is 0 Å². The Morgan fingerprint density at radius 2 is 1.30 bits per heavy atom. The van der Waals surface area contributed by atoms with E-state index in [0.717, 1.165) is 75.7 Å². The van der Waals surface area contributed by atoms with Crippen LogP contribution in [-0.2, 0) is 62.0 Å². The number of hydrogen-bond donors (Lipinski definition) is 2. The molecule has 1 aliphatic heterocycles. The lowest BCUT2D eigenvalue weighted by atomic mass is 10.0. The molecule has 2 N–H and O–H groups in total. The van der Waals surface area contributed by atoms with Crippen molar-refractivity contribution in [1.82, 2.24) is 15.2 Å². The van der Waals surface area contributed by atoms with E-state index < -0.39 is 17.6 Å². The number of anilines is 2. The number of pyridine rings is 1. The molecule has 1 aliphatic rings. The number of alkyl halides is 3. The van der Waals surface area contributed by atoms with Gasteiger partial charge in [0.05, 0.1) is 109 Å². The molecular formula is C52H68F3N5O11. The number of morpholine rings is 1. The smallest absolute Gasteiger partial charge is 0.416 e. The zero-order valence-corrected chi connectivity index (χ0v) is 40.8. The van der Waals surface area contributed by atoms with Gasteiger partial charge >= 0.3 is 12.1 Å². The second-order valence-corrected chi connectivity index (χ2v) is 16.3. The predicted octanol–water partition coefficient (Wildman–Crippen LogP) is 7.05. The fraction of sp³-hybridized carbons (Fsp3) is 0.500. The lowest BCUT2D eigenvalue weighted by Gasteiger charge is -2.26. The van der Waals surface area contributed by atoms with Gasteiger partial charge in [0, 0.05) is 67.7 Å². The number of aromatic nitrogens is 1. The number of esters is 1. The third-order valence-corrected chi connectivity index (χ3v) is 11.2. The first kappa shape index (κ1) is 56.4. The van der Waals surface area contributed by atoms with E-state index in [1.54, 1.807) is 30.3 Å². The van der Waals surface area contributed by atoms with Crippen molar-refractivity contribution in [3.8, 4) is 11.3 Å². The average molecular weight is 996 g/mol. The van der Waals surface area contributed by atoms with E-state index in [9.17, 15) is 27.6 Å². The largest absolute Gasteiger partial charge is 0.463 e. The number of amides is 2. The van der Waals surface area contributed by atoms with Crippen LogP contribution in [-0.4, -0.2) is 153 Å². The summed E-state index contributed by atoms with van der Waals surface area (Å²) in [6.07, 6.45) is -1.85. The molecule has 0 atom stereocenters. The summed E-state index contributed by atoms with van der Waals surface area (Å²) < 4.78 is 83.8. The van der Waals surface area contributed by atoms with Crippen LogP contribution in [0.4, 0.5) is 24.5 Å². The van der Waals surface area contributed by atoms with Crippen LogP contribution in [0.2, 0.25) is 0 Å². The molecule has 2 heterocycles. The molecule has 0 bridgehead atoms. The maximum atomic E-state index is 13.7. The minimum Gasteiger partial charge on any atom is -0.463 e. The molecule has 0 radical (unpaired) electrons. The number of rotatable bonds is 33. The summed E-state index contributed by atoms with van der Waals surface area (Å²) in [4.78, 5) is 47.8. The second-order valence-electron chi connectivity index (χ2n) is 16.3. The molecule has 1 fully saturated rings. The molecule has 1 saturated heterocycles. The average Bonchev–Trinajstić information content (AvgIpc) is 3.38. The molecule has 5 rings (SSSR count). The number of benzene rings is 3. The first-order chi connectivity index (χ1) is 34.5. The van der Waals surface area contributed by atoms with Gasteiger partial charge < -0.3 is 53.4 Å². The van der Waals surface area contributed by atoms with Gasteiger partial charge in [-0.15, -0.1) is 0 Å². The van der Waals surface area contributed by atoms with Gasteiger partial charge in [-0.1, -0.05) is 24.3 Å². The van der Waals surface area contributed by atoms with E-state index in [0.29, 0.717) is 107 Å². The van der Waals surface area contributed by atoms with E-state index in [2.05, 4.69) is 25.4 Å². The number of hydrogen-bond acceptors (Lipinski definition) is 14. The minimum absolute atomic E-state index is 0.107. The van der Waals surface area contributed by atoms with Crippen LogP contribution in [0.5, 0.6) is 0 Å². The zero-order valence-electron chi connectivity index (χ0n) is 40.8. The number of nitrogens with one attached hydrogen (secondary N) is 2. The lowest BCUT2D eigenvalue weighted by molar-refractivity contribution is -0.145. The Bertz CT molecular complexity index is 2210. The van der Waals surface area contributed by atoms with E-state index in [1.165, 1.54) is 24.4 Å². The topological polar surface area (TPSA) is 168 Å². The van der Waals surface area contributed by atoms with Gasteiger partial charge in [-0.3, -0.25) is 24.3 Å². The van der Waals surface area contributed by atoms with Crippen molar-refractivity contribution in [3.63, 3.8) is 0 Å². The molecule has 0 spiro atoms. The van der Waals surface area contributed by atoms with Crippen molar-refractivity contribution < 1.29 is 65.4 Å². The third kappa shape index (κ3) is 21.0. The molecule has 19 heteroatoms. The van der Waals surface area contributed by atoms with Crippen molar-refractivity contribution >= 4 is 29.2 Å². The van der Waals surface area contributed by atoms with Crippen LogP contribution in [0.3, 0.4) is 0 Å². The number of carbonyl (C=O) groups is 3. The van der Waals surface area contributed by atoms with Crippen molar-refractivity contribution in [2.45, 2.75) is 46.0 Å². The summed E-state index contributed by atoms with van der Waals surface area (Å²) in [5.41, 5.74) is 3.33. The molecule has 0 unspecified atom stereocenters. The van der Waals surface area contributed by atoms with Crippen LogP contribution >= 0.6 is 0 Å². The zero-order chi connectivity index (χ0) is 50.5. The Labute approximate surface area is 414 Å². The number of ether oxygens (including phenoxy) is 8. The lowest BCUT2D eigenvalue weighted by Crippen LogP contribution is -2.37. The number of carbonyl (C=O) groups excluding carboxylic acids is 3. The first-order valence-corrected chi connectivity index (χ1v) is 24.2. The van der Waals surface area contributed by atoms with Crippen LogP contribution < -0.4 is 15.5 Å². The molecule has 2 amide bonds. The fourth-order valence-electron chi connectivity index (χ4n) is 7.34. The van der Waals surface area contributed by atoms with E-state index in [-0.39, 0.29) is 37.2 Å². The third-order valence-electron chi connectivity index (χ3n) is 11.2. The van der Waals surface area contributed by atoms with Gasteiger partial charge in [-0.25, -0.2) is 0 Å². The van der Waals surface area contributed by atoms with Crippen LogP contribution in [0.1, 0.15) is 64.1 Å². The van der Waals surface area contributed by atoms with Crippen molar-refractivity contribution in [2.75, 3.05) is 135 Å².